The molecule has 1 rings (SSSR count). The third kappa shape index (κ3) is 3.00. The molecule has 1 saturated carbocycles. The minimum Gasteiger partial charge on any atom is -0.0599 e. The molecule has 1 aliphatic carbocycles. The molecule has 0 amide bonds. The Morgan fingerprint density at radius 1 is 0.929 bits per heavy atom. The standard InChI is InChI=1S/C14H28/c1-13(2,3)12(14(4,5)6)10-11-8-7-9-11/h11-12H,7-10H2,1-6H3. The van der Waals surface area contributed by atoms with Crippen molar-refractivity contribution >= 4 is 0 Å². The van der Waals surface area contributed by atoms with Crippen LogP contribution in [0.15, 0.2) is 0 Å². The molecule has 0 N–H and O–H groups in total. The second-order valence-electron chi connectivity index (χ2n) is 7.32. The van der Waals surface area contributed by atoms with Crippen LogP contribution in [0.3, 0.4) is 0 Å². The summed E-state index contributed by atoms with van der Waals surface area (Å²) in [5, 5.41) is 0. The van der Waals surface area contributed by atoms with E-state index in [9.17, 15) is 0 Å². The first-order chi connectivity index (χ1) is 6.21. The highest BCUT2D eigenvalue weighted by Crippen LogP contribution is 2.46. The second-order valence-corrected chi connectivity index (χ2v) is 7.32. The van der Waals surface area contributed by atoms with Crippen molar-refractivity contribution in [3.05, 3.63) is 0 Å². The molecule has 0 nitrogen and oxygen atoms in total. The highest BCUT2D eigenvalue weighted by molar-refractivity contribution is 4.87. The smallest absolute Gasteiger partial charge is 0.0314 e. The van der Waals surface area contributed by atoms with E-state index < -0.39 is 0 Å². The number of hydrogen-bond donors (Lipinski definition) is 0. The highest BCUT2D eigenvalue weighted by atomic mass is 14.4. The Hall–Kier alpha value is 0. The van der Waals surface area contributed by atoms with E-state index in [0.29, 0.717) is 10.8 Å². The Balaban J connectivity index is 2.61. The van der Waals surface area contributed by atoms with Gasteiger partial charge in [0.25, 0.3) is 0 Å². The molecule has 1 fully saturated rings. The summed E-state index contributed by atoms with van der Waals surface area (Å²) >= 11 is 0. The number of hydrogen-bond acceptors (Lipinski definition) is 0. The topological polar surface area (TPSA) is 0 Å². The van der Waals surface area contributed by atoms with Crippen LogP contribution in [-0.4, -0.2) is 0 Å². The van der Waals surface area contributed by atoms with Crippen molar-refractivity contribution in [1.29, 1.82) is 0 Å². The SMILES string of the molecule is CC(C)(C)C(CC1CCC1)C(C)(C)C. The summed E-state index contributed by atoms with van der Waals surface area (Å²) in [4.78, 5) is 0. The largest absolute Gasteiger partial charge is 0.0599 e. The van der Waals surface area contributed by atoms with Gasteiger partial charge in [-0.2, -0.15) is 0 Å². The molecule has 84 valence electrons. The van der Waals surface area contributed by atoms with Crippen LogP contribution in [0.25, 0.3) is 0 Å². The molecule has 0 spiro atoms. The fraction of sp³-hybridized carbons (Fsp3) is 1.00. The molecule has 0 bridgehead atoms. The molecule has 1 aliphatic rings. The fourth-order valence-electron chi connectivity index (χ4n) is 3.07. The summed E-state index contributed by atoms with van der Waals surface area (Å²) in [5.41, 5.74) is 0.932. The molecule has 0 heteroatoms. The summed E-state index contributed by atoms with van der Waals surface area (Å²) in [6.45, 7) is 14.4. The molecule has 0 aromatic heterocycles. The van der Waals surface area contributed by atoms with E-state index in [2.05, 4.69) is 41.5 Å². The summed E-state index contributed by atoms with van der Waals surface area (Å²) in [6.07, 6.45) is 5.91. The Kier molecular flexibility index (Phi) is 3.33. The predicted octanol–water partition coefficient (Wildman–Crippen LogP) is 4.89. The maximum Gasteiger partial charge on any atom is -0.0314 e. The zero-order valence-electron chi connectivity index (χ0n) is 11.0. The molecule has 0 aromatic carbocycles. The summed E-state index contributed by atoms with van der Waals surface area (Å²) < 4.78 is 0. The summed E-state index contributed by atoms with van der Waals surface area (Å²) in [6, 6.07) is 0. The lowest BCUT2D eigenvalue weighted by Gasteiger charge is -2.44. The van der Waals surface area contributed by atoms with Gasteiger partial charge in [-0.15, -0.1) is 0 Å². The Labute approximate surface area is 90.5 Å². The minimum absolute atomic E-state index is 0.466. The summed E-state index contributed by atoms with van der Waals surface area (Å²) in [7, 11) is 0. The zero-order chi connectivity index (χ0) is 11.0. The van der Waals surface area contributed by atoms with Gasteiger partial charge in [0.2, 0.25) is 0 Å². The molecule has 0 heterocycles. The van der Waals surface area contributed by atoms with Crippen LogP contribution in [-0.2, 0) is 0 Å². The van der Waals surface area contributed by atoms with E-state index in [1.54, 1.807) is 0 Å². The lowest BCUT2D eigenvalue weighted by atomic mass is 9.61. The van der Waals surface area contributed by atoms with E-state index in [1.807, 2.05) is 0 Å². The maximum atomic E-state index is 2.40. The van der Waals surface area contributed by atoms with Crippen molar-refractivity contribution in [2.24, 2.45) is 22.7 Å². The molecule has 0 unspecified atom stereocenters. The fourth-order valence-corrected chi connectivity index (χ4v) is 3.07. The van der Waals surface area contributed by atoms with Gasteiger partial charge in [0.05, 0.1) is 0 Å². The molecular formula is C14H28. The first kappa shape index (κ1) is 12.1. The van der Waals surface area contributed by atoms with Crippen molar-refractivity contribution < 1.29 is 0 Å². The highest BCUT2D eigenvalue weighted by Gasteiger charge is 2.37. The van der Waals surface area contributed by atoms with Crippen molar-refractivity contribution in [2.75, 3.05) is 0 Å². The molecule has 0 aromatic rings. The van der Waals surface area contributed by atoms with Gasteiger partial charge in [-0.25, -0.2) is 0 Å². The van der Waals surface area contributed by atoms with Gasteiger partial charge in [-0.1, -0.05) is 60.8 Å². The van der Waals surface area contributed by atoms with Crippen LogP contribution < -0.4 is 0 Å². The van der Waals surface area contributed by atoms with Crippen LogP contribution in [0.2, 0.25) is 0 Å². The number of rotatable bonds is 2. The van der Waals surface area contributed by atoms with E-state index >= 15 is 0 Å². The van der Waals surface area contributed by atoms with Crippen LogP contribution in [0, 0.1) is 22.7 Å². The average molecular weight is 196 g/mol. The van der Waals surface area contributed by atoms with Gasteiger partial charge in [-0.3, -0.25) is 0 Å². The van der Waals surface area contributed by atoms with Crippen LogP contribution in [0.4, 0.5) is 0 Å². The first-order valence-corrected chi connectivity index (χ1v) is 6.21. The minimum atomic E-state index is 0.466. The van der Waals surface area contributed by atoms with E-state index in [4.69, 9.17) is 0 Å². The molecular weight excluding hydrogens is 168 g/mol. The predicted molar refractivity (Wildman–Crippen MR) is 64.4 cm³/mol. The van der Waals surface area contributed by atoms with Crippen LogP contribution >= 0.6 is 0 Å². The van der Waals surface area contributed by atoms with Gasteiger partial charge in [-0.05, 0) is 29.1 Å². The van der Waals surface area contributed by atoms with Crippen molar-refractivity contribution in [3.8, 4) is 0 Å². The van der Waals surface area contributed by atoms with Crippen molar-refractivity contribution in [3.63, 3.8) is 0 Å². The van der Waals surface area contributed by atoms with Gasteiger partial charge in [0.1, 0.15) is 0 Å². The van der Waals surface area contributed by atoms with E-state index in [1.165, 1.54) is 25.7 Å². The zero-order valence-corrected chi connectivity index (χ0v) is 11.0. The first-order valence-electron chi connectivity index (χ1n) is 6.21. The van der Waals surface area contributed by atoms with Crippen molar-refractivity contribution in [1.82, 2.24) is 0 Å². The van der Waals surface area contributed by atoms with E-state index in [0.717, 1.165) is 11.8 Å². The van der Waals surface area contributed by atoms with Crippen LogP contribution in [0.1, 0.15) is 67.2 Å². The average Bonchev–Trinajstić information content (AvgIpc) is 1.76. The van der Waals surface area contributed by atoms with Crippen LogP contribution in [0.5, 0.6) is 0 Å². The van der Waals surface area contributed by atoms with Crippen molar-refractivity contribution in [2.45, 2.75) is 67.2 Å². The molecule has 0 saturated heterocycles. The summed E-state index contributed by atoms with van der Waals surface area (Å²) in [5.74, 6) is 1.90. The van der Waals surface area contributed by atoms with Gasteiger partial charge >= 0.3 is 0 Å². The van der Waals surface area contributed by atoms with Gasteiger partial charge < -0.3 is 0 Å². The lowest BCUT2D eigenvalue weighted by molar-refractivity contribution is 0.0588. The monoisotopic (exact) mass is 196 g/mol. The second kappa shape index (κ2) is 3.87. The normalized spacial score (nSPS) is 19.9. The molecule has 0 aliphatic heterocycles. The molecule has 0 atom stereocenters. The lowest BCUT2D eigenvalue weighted by Crippen LogP contribution is -2.35. The van der Waals surface area contributed by atoms with Gasteiger partial charge in [0, 0.05) is 0 Å². The Morgan fingerprint density at radius 2 is 1.36 bits per heavy atom. The molecule has 0 radical (unpaired) electrons. The quantitative estimate of drug-likeness (QED) is 0.590. The molecule has 14 heavy (non-hydrogen) atoms. The van der Waals surface area contributed by atoms with Gasteiger partial charge in [0.15, 0.2) is 0 Å². The third-order valence-corrected chi connectivity index (χ3v) is 3.88. The maximum absolute atomic E-state index is 2.40. The Morgan fingerprint density at radius 3 is 1.57 bits per heavy atom. The van der Waals surface area contributed by atoms with E-state index in [-0.39, 0.29) is 0 Å². The third-order valence-electron chi connectivity index (χ3n) is 3.88. The Bertz CT molecular complexity index is 159.